The molecule has 84 valence electrons. The molecule has 0 atom stereocenters. The Labute approximate surface area is 99.3 Å². The van der Waals surface area contributed by atoms with Crippen LogP contribution in [0.5, 0.6) is 0 Å². The van der Waals surface area contributed by atoms with E-state index in [1.54, 1.807) is 12.4 Å². The van der Waals surface area contributed by atoms with Crippen molar-refractivity contribution >= 4 is 17.4 Å². The molecule has 0 amide bonds. The monoisotopic (exact) mass is 236 g/mol. The summed E-state index contributed by atoms with van der Waals surface area (Å²) in [5, 5.41) is 3.82. The summed E-state index contributed by atoms with van der Waals surface area (Å²) in [7, 11) is 1.98. The number of nitrogens with zero attached hydrogens (tertiary/aromatic N) is 3. The number of hydrogen-bond donors (Lipinski definition) is 1. The van der Waals surface area contributed by atoms with Crippen LogP contribution in [0.15, 0.2) is 30.7 Å². The zero-order chi connectivity index (χ0) is 11.4. The van der Waals surface area contributed by atoms with Crippen molar-refractivity contribution in [3.05, 3.63) is 41.6 Å². The quantitative estimate of drug-likeness (QED) is 0.884. The molecule has 0 spiro atoms. The van der Waals surface area contributed by atoms with Crippen LogP contribution in [-0.2, 0) is 13.5 Å². The van der Waals surface area contributed by atoms with Crippen LogP contribution in [0.4, 0.5) is 5.82 Å². The van der Waals surface area contributed by atoms with E-state index in [2.05, 4.69) is 15.3 Å². The number of aryl methyl sites for hydroxylation is 1. The normalized spacial score (nSPS) is 10.4. The Kier molecular flexibility index (Phi) is 3.41. The van der Waals surface area contributed by atoms with Crippen molar-refractivity contribution in [1.29, 1.82) is 0 Å². The SMILES string of the molecule is Cn1ccnc1CCNc1ncccc1Cl. The molecule has 0 aliphatic rings. The lowest BCUT2D eigenvalue weighted by Crippen LogP contribution is -2.09. The molecule has 1 N–H and O–H groups in total. The summed E-state index contributed by atoms with van der Waals surface area (Å²) in [5.41, 5.74) is 0. The molecule has 0 radical (unpaired) electrons. The topological polar surface area (TPSA) is 42.7 Å². The second-order valence-electron chi connectivity index (χ2n) is 3.46. The Morgan fingerprint density at radius 1 is 1.38 bits per heavy atom. The maximum Gasteiger partial charge on any atom is 0.144 e. The molecule has 2 heterocycles. The molecule has 0 aliphatic heterocycles. The van der Waals surface area contributed by atoms with Crippen molar-refractivity contribution in [2.24, 2.45) is 7.05 Å². The molecule has 16 heavy (non-hydrogen) atoms. The van der Waals surface area contributed by atoms with Gasteiger partial charge in [-0.15, -0.1) is 0 Å². The van der Waals surface area contributed by atoms with Gasteiger partial charge in [0.25, 0.3) is 0 Å². The van der Waals surface area contributed by atoms with Crippen LogP contribution >= 0.6 is 11.6 Å². The molecule has 0 saturated heterocycles. The summed E-state index contributed by atoms with van der Waals surface area (Å²) < 4.78 is 2.00. The number of rotatable bonds is 4. The molecule has 0 saturated carbocycles. The minimum atomic E-state index is 0.641. The molecular formula is C11H13ClN4. The van der Waals surface area contributed by atoms with Crippen LogP contribution in [0.3, 0.4) is 0 Å². The number of halogens is 1. The van der Waals surface area contributed by atoms with E-state index in [1.807, 2.05) is 29.9 Å². The number of anilines is 1. The lowest BCUT2D eigenvalue weighted by atomic mass is 10.4. The van der Waals surface area contributed by atoms with E-state index in [0.717, 1.165) is 24.6 Å². The van der Waals surface area contributed by atoms with Crippen LogP contribution in [0.2, 0.25) is 5.02 Å². The zero-order valence-electron chi connectivity index (χ0n) is 9.02. The highest BCUT2D eigenvalue weighted by molar-refractivity contribution is 6.32. The minimum absolute atomic E-state index is 0.641. The van der Waals surface area contributed by atoms with E-state index in [4.69, 9.17) is 11.6 Å². The van der Waals surface area contributed by atoms with E-state index < -0.39 is 0 Å². The first-order valence-electron chi connectivity index (χ1n) is 5.08. The molecule has 2 aromatic heterocycles. The van der Waals surface area contributed by atoms with Gasteiger partial charge in [-0.05, 0) is 12.1 Å². The lowest BCUT2D eigenvalue weighted by Gasteiger charge is -2.06. The number of hydrogen-bond acceptors (Lipinski definition) is 3. The number of imidazole rings is 1. The average molecular weight is 237 g/mol. The second-order valence-corrected chi connectivity index (χ2v) is 3.87. The lowest BCUT2D eigenvalue weighted by molar-refractivity contribution is 0.788. The molecule has 0 unspecified atom stereocenters. The molecule has 4 nitrogen and oxygen atoms in total. The van der Waals surface area contributed by atoms with Gasteiger partial charge in [-0.25, -0.2) is 9.97 Å². The number of aromatic nitrogens is 3. The molecule has 0 aliphatic carbocycles. The highest BCUT2D eigenvalue weighted by Gasteiger charge is 2.01. The second kappa shape index (κ2) is 4.99. The van der Waals surface area contributed by atoms with Gasteiger partial charge in [0, 0.05) is 38.6 Å². The van der Waals surface area contributed by atoms with E-state index in [1.165, 1.54) is 0 Å². The van der Waals surface area contributed by atoms with Crippen LogP contribution in [0.1, 0.15) is 5.82 Å². The third kappa shape index (κ3) is 2.52. The first kappa shape index (κ1) is 11.0. The van der Waals surface area contributed by atoms with Gasteiger partial charge in [-0.1, -0.05) is 11.6 Å². The van der Waals surface area contributed by atoms with Gasteiger partial charge in [-0.3, -0.25) is 0 Å². The number of nitrogens with one attached hydrogen (secondary N) is 1. The zero-order valence-corrected chi connectivity index (χ0v) is 9.78. The summed E-state index contributed by atoms with van der Waals surface area (Å²) in [4.78, 5) is 8.39. The van der Waals surface area contributed by atoms with Crippen molar-refractivity contribution in [1.82, 2.24) is 14.5 Å². The molecule has 5 heteroatoms. The van der Waals surface area contributed by atoms with Gasteiger partial charge >= 0.3 is 0 Å². The summed E-state index contributed by atoms with van der Waals surface area (Å²) in [6.45, 7) is 0.765. The number of pyridine rings is 1. The Morgan fingerprint density at radius 3 is 2.94 bits per heavy atom. The fourth-order valence-electron chi connectivity index (χ4n) is 1.45. The van der Waals surface area contributed by atoms with E-state index in [9.17, 15) is 0 Å². The first-order valence-corrected chi connectivity index (χ1v) is 5.46. The van der Waals surface area contributed by atoms with Gasteiger partial charge < -0.3 is 9.88 Å². The molecule has 0 bridgehead atoms. The largest absolute Gasteiger partial charge is 0.368 e. The van der Waals surface area contributed by atoms with E-state index >= 15 is 0 Å². The highest BCUT2D eigenvalue weighted by atomic mass is 35.5. The van der Waals surface area contributed by atoms with Gasteiger partial charge in [0.2, 0.25) is 0 Å². The van der Waals surface area contributed by atoms with Crippen molar-refractivity contribution in [3.8, 4) is 0 Å². The summed E-state index contributed by atoms with van der Waals surface area (Å²) in [6.07, 6.45) is 6.29. The summed E-state index contributed by atoms with van der Waals surface area (Å²) >= 11 is 5.97. The molecule has 0 aromatic carbocycles. The third-order valence-corrected chi connectivity index (χ3v) is 2.63. The summed E-state index contributed by atoms with van der Waals surface area (Å²) in [5.74, 6) is 1.76. The Morgan fingerprint density at radius 2 is 2.25 bits per heavy atom. The molecule has 0 fully saturated rings. The first-order chi connectivity index (χ1) is 7.77. The molecule has 2 aromatic rings. The predicted molar refractivity (Wildman–Crippen MR) is 64.6 cm³/mol. The molecular weight excluding hydrogens is 224 g/mol. The third-order valence-electron chi connectivity index (χ3n) is 2.32. The van der Waals surface area contributed by atoms with Gasteiger partial charge in [-0.2, -0.15) is 0 Å². The Balaban J connectivity index is 1.89. The maximum absolute atomic E-state index is 5.97. The van der Waals surface area contributed by atoms with Crippen LogP contribution in [-0.4, -0.2) is 21.1 Å². The van der Waals surface area contributed by atoms with Gasteiger partial charge in [0.15, 0.2) is 0 Å². The Bertz CT molecular complexity index is 467. The maximum atomic E-state index is 5.97. The van der Waals surface area contributed by atoms with E-state index in [-0.39, 0.29) is 0 Å². The standard InChI is InChI=1S/C11H13ClN4/c1-16-8-7-13-10(16)4-6-15-11-9(12)3-2-5-14-11/h2-3,5,7-8H,4,6H2,1H3,(H,14,15). The fraction of sp³-hybridized carbons (Fsp3) is 0.273. The van der Waals surface area contributed by atoms with Crippen molar-refractivity contribution in [2.75, 3.05) is 11.9 Å². The van der Waals surface area contributed by atoms with Crippen molar-refractivity contribution in [2.45, 2.75) is 6.42 Å². The molecule has 2 rings (SSSR count). The minimum Gasteiger partial charge on any atom is -0.368 e. The van der Waals surface area contributed by atoms with Gasteiger partial charge in [0.05, 0.1) is 5.02 Å². The van der Waals surface area contributed by atoms with Crippen molar-refractivity contribution in [3.63, 3.8) is 0 Å². The van der Waals surface area contributed by atoms with Gasteiger partial charge in [0.1, 0.15) is 11.6 Å². The van der Waals surface area contributed by atoms with Crippen LogP contribution in [0.25, 0.3) is 0 Å². The highest BCUT2D eigenvalue weighted by Crippen LogP contribution is 2.16. The van der Waals surface area contributed by atoms with Crippen LogP contribution in [0, 0.1) is 0 Å². The average Bonchev–Trinajstić information content (AvgIpc) is 2.67. The predicted octanol–water partition coefficient (Wildman–Crippen LogP) is 2.12. The summed E-state index contributed by atoms with van der Waals surface area (Å²) in [6, 6.07) is 3.63. The fourth-order valence-corrected chi connectivity index (χ4v) is 1.63. The Hall–Kier alpha value is -1.55. The van der Waals surface area contributed by atoms with Crippen LogP contribution < -0.4 is 5.32 Å². The van der Waals surface area contributed by atoms with E-state index in [0.29, 0.717) is 5.02 Å². The van der Waals surface area contributed by atoms with Crippen molar-refractivity contribution < 1.29 is 0 Å². The smallest absolute Gasteiger partial charge is 0.144 e.